The van der Waals surface area contributed by atoms with Crippen molar-refractivity contribution in [3.8, 4) is 11.8 Å². The summed E-state index contributed by atoms with van der Waals surface area (Å²) in [5.74, 6) is 5.96. The van der Waals surface area contributed by atoms with E-state index in [1.54, 1.807) is 0 Å². The maximum absolute atomic E-state index is 3.06. The Morgan fingerprint density at radius 1 is 1.17 bits per heavy atom. The van der Waals surface area contributed by atoms with E-state index in [1.165, 1.54) is 11.1 Å². The lowest BCUT2D eigenvalue weighted by molar-refractivity contribution is 1.03. The van der Waals surface area contributed by atoms with Gasteiger partial charge in [-0.15, -0.1) is 11.8 Å². The van der Waals surface area contributed by atoms with Crippen molar-refractivity contribution in [3.63, 3.8) is 0 Å². The Morgan fingerprint density at radius 2 is 1.83 bits per heavy atom. The van der Waals surface area contributed by atoms with Gasteiger partial charge in [-0.05, 0) is 25.8 Å². The van der Waals surface area contributed by atoms with Crippen LogP contribution in [-0.2, 0) is 6.42 Å². The molecule has 0 saturated carbocycles. The molecule has 0 saturated heterocycles. The van der Waals surface area contributed by atoms with Crippen LogP contribution in [0, 0.1) is 18.8 Å². The van der Waals surface area contributed by atoms with Crippen LogP contribution in [0.2, 0.25) is 0 Å². The fourth-order valence-electron chi connectivity index (χ4n) is 1.09. The molecular weight excluding hydrogens is 144 g/mol. The van der Waals surface area contributed by atoms with Gasteiger partial charge in [-0.1, -0.05) is 29.8 Å². The van der Waals surface area contributed by atoms with E-state index in [0.717, 1.165) is 12.8 Å². The first-order valence-corrected chi connectivity index (χ1v) is 4.28. The summed E-state index contributed by atoms with van der Waals surface area (Å²) in [5.41, 5.74) is 2.70. The van der Waals surface area contributed by atoms with Crippen molar-refractivity contribution in [1.29, 1.82) is 0 Å². The number of hydrogen-bond acceptors (Lipinski definition) is 0. The second kappa shape index (κ2) is 4.62. The minimum atomic E-state index is 0.972. The zero-order chi connectivity index (χ0) is 8.81. The number of benzene rings is 1. The Labute approximate surface area is 74.6 Å². The third-order valence-electron chi connectivity index (χ3n) is 1.84. The summed E-state index contributed by atoms with van der Waals surface area (Å²) in [6.07, 6.45) is 2.04. The van der Waals surface area contributed by atoms with Gasteiger partial charge in [-0.3, -0.25) is 0 Å². The zero-order valence-corrected chi connectivity index (χ0v) is 7.72. The molecule has 0 heterocycles. The number of aryl methyl sites for hydroxylation is 2. The van der Waals surface area contributed by atoms with E-state index in [1.807, 2.05) is 6.92 Å². The van der Waals surface area contributed by atoms with Gasteiger partial charge < -0.3 is 0 Å². The summed E-state index contributed by atoms with van der Waals surface area (Å²) in [5, 5.41) is 0. The van der Waals surface area contributed by atoms with Crippen molar-refractivity contribution >= 4 is 0 Å². The Morgan fingerprint density at radius 3 is 2.42 bits per heavy atom. The molecule has 0 atom stereocenters. The molecule has 12 heavy (non-hydrogen) atoms. The summed E-state index contributed by atoms with van der Waals surface area (Å²) < 4.78 is 0. The first kappa shape index (κ1) is 8.87. The van der Waals surface area contributed by atoms with E-state index < -0.39 is 0 Å². The van der Waals surface area contributed by atoms with Crippen LogP contribution in [0.5, 0.6) is 0 Å². The molecule has 0 aliphatic carbocycles. The third kappa shape index (κ3) is 2.80. The third-order valence-corrected chi connectivity index (χ3v) is 1.84. The maximum Gasteiger partial charge on any atom is 0.0129 e. The fourth-order valence-corrected chi connectivity index (χ4v) is 1.09. The largest absolute Gasteiger partial charge is 0.107 e. The van der Waals surface area contributed by atoms with Gasteiger partial charge in [0.15, 0.2) is 0 Å². The lowest BCUT2D eigenvalue weighted by Gasteiger charge is -1.97. The highest BCUT2D eigenvalue weighted by atomic mass is 13.9. The first-order valence-electron chi connectivity index (χ1n) is 4.28. The van der Waals surface area contributed by atoms with Crippen LogP contribution in [0.4, 0.5) is 0 Å². The Hall–Kier alpha value is -1.22. The van der Waals surface area contributed by atoms with Gasteiger partial charge in [-0.2, -0.15) is 0 Å². The van der Waals surface area contributed by atoms with Gasteiger partial charge in [0.25, 0.3) is 0 Å². The molecular formula is C12H14. The monoisotopic (exact) mass is 158 g/mol. The number of rotatable bonds is 2. The van der Waals surface area contributed by atoms with Crippen molar-refractivity contribution in [2.75, 3.05) is 0 Å². The van der Waals surface area contributed by atoms with Crippen molar-refractivity contribution in [1.82, 2.24) is 0 Å². The van der Waals surface area contributed by atoms with Gasteiger partial charge in [0.2, 0.25) is 0 Å². The van der Waals surface area contributed by atoms with Gasteiger partial charge in [0, 0.05) is 6.42 Å². The molecule has 0 N–H and O–H groups in total. The molecule has 0 heteroatoms. The highest BCUT2D eigenvalue weighted by molar-refractivity contribution is 5.22. The van der Waals surface area contributed by atoms with Crippen LogP contribution in [0.25, 0.3) is 0 Å². The average molecular weight is 158 g/mol. The topological polar surface area (TPSA) is 0 Å². The molecule has 1 aromatic rings. The Kier molecular flexibility index (Phi) is 3.41. The minimum absolute atomic E-state index is 0.972. The summed E-state index contributed by atoms with van der Waals surface area (Å²) in [7, 11) is 0. The summed E-state index contributed by atoms with van der Waals surface area (Å²) in [6, 6.07) is 8.64. The smallest absolute Gasteiger partial charge is 0.0129 e. The van der Waals surface area contributed by atoms with Crippen molar-refractivity contribution in [3.05, 3.63) is 35.4 Å². The van der Waals surface area contributed by atoms with E-state index in [4.69, 9.17) is 0 Å². The summed E-state index contributed by atoms with van der Waals surface area (Å²) in [4.78, 5) is 0. The van der Waals surface area contributed by atoms with Gasteiger partial charge in [0.1, 0.15) is 0 Å². The van der Waals surface area contributed by atoms with E-state index in [0.29, 0.717) is 0 Å². The van der Waals surface area contributed by atoms with Crippen LogP contribution in [-0.4, -0.2) is 0 Å². The second-order valence-electron chi connectivity index (χ2n) is 2.91. The first-order chi connectivity index (χ1) is 5.83. The second-order valence-corrected chi connectivity index (χ2v) is 2.91. The lowest BCUT2D eigenvalue weighted by Crippen LogP contribution is -1.82. The molecule has 0 nitrogen and oxygen atoms in total. The SMILES string of the molecule is CC#CCCc1ccc(C)cc1. The van der Waals surface area contributed by atoms with Crippen molar-refractivity contribution in [2.45, 2.75) is 26.7 Å². The Balaban J connectivity index is 2.51. The molecule has 0 aliphatic heterocycles. The fraction of sp³-hybridized carbons (Fsp3) is 0.333. The lowest BCUT2D eigenvalue weighted by atomic mass is 10.1. The summed E-state index contributed by atoms with van der Waals surface area (Å²) >= 11 is 0. The predicted octanol–water partition coefficient (Wildman–Crippen LogP) is 2.95. The molecule has 1 rings (SSSR count). The molecule has 0 fully saturated rings. The quantitative estimate of drug-likeness (QED) is 0.580. The molecule has 1 aromatic carbocycles. The van der Waals surface area contributed by atoms with Crippen molar-refractivity contribution < 1.29 is 0 Å². The average Bonchev–Trinajstić information content (AvgIpc) is 2.09. The molecule has 0 aliphatic rings. The minimum Gasteiger partial charge on any atom is -0.107 e. The Bertz CT molecular complexity index is 282. The molecule has 0 amide bonds. The van der Waals surface area contributed by atoms with Crippen LogP contribution in [0.1, 0.15) is 24.5 Å². The van der Waals surface area contributed by atoms with Crippen LogP contribution >= 0.6 is 0 Å². The predicted molar refractivity (Wildman–Crippen MR) is 53.0 cm³/mol. The highest BCUT2D eigenvalue weighted by Crippen LogP contribution is 2.04. The van der Waals surface area contributed by atoms with Crippen molar-refractivity contribution in [2.24, 2.45) is 0 Å². The van der Waals surface area contributed by atoms with Gasteiger partial charge in [0.05, 0.1) is 0 Å². The van der Waals surface area contributed by atoms with Crippen LogP contribution in [0.15, 0.2) is 24.3 Å². The molecule has 0 unspecified atom stereocenters. The van der Waals surface area contributed by atoms with Crippen LogP contribution in [0.3, 0.4) is 0 Å². The number of hydrogen-bond donors (Lipinski definition) is 0. The van der Waals surface area contributed by atoms with E-state index in [-0.39, 0.29) is 0 Å². The van der Waals surface area contributed by atoms with E-state index >= 15 is 0 Å². The van der Waals surface area contributed by atoms with E-state index in [2.05, 4.69) is 43.0 Å². The molecule has 0 spiro atoms. The maximum atomic E-state index is 3.06. The van der Waals surface area contributed by atoms with Crippen LogP contribution < -0.4 is 0 Å². The zero-order valence-electron chi connectivity index (χ0n) is 7.72. The van der Waals surface area contributed by atoms with Gasteiger partial charge >= 0.3 is 0 Å². The molecule has 0 bridgehead atoms. The van der Waals surface area contributed by atoms with E-state index in [9.17, 15) is 0 Å². The standard InChI is InChI=1S/C12H14/c1-3-4-5-6-12-9-7-11(2)8-10-12/h7-10H,5-6H2,1-2H3. The molecule has 0 radical (unpaired) electrons. The van der Waals surface area contributed by atoms with Gasteiger partial charge in [-0.25, -0.2) is 0 Å². The summed E-state index contributed by atoms with van der Waals surface area (Å²) in [6.45, 7) is 3.99. The normalized spacial score (nSPS) is 8.83. The molecule has 0 aromatic heterocycles. The molecule has 62 valence electrons. The highest BCUT2D eigenvalue weighted by Gasteiger charge is 1.89.